The van der Waals surface area contributed by atoms with Crippen LogP contribution in [0, 0.1) is 10.1 Å². The summed E-state index contributed by atoms with van der Waals surface area (Å²) >= 11 is 6.11. The van der Waals surface area contributed by atoms with E-state index in [0.717, 1.165) is 30.6 Å². The number of nitro benzene ring substituents is 1. The Labute approximate surface area is 104 Å². The summed E-state index contributed by atoms with van der Waals surface area (Å²) in [5.74, 6) is 0. The number of nitro groups is 1. The first-order chi connectivity index (χ1) is 8.00. The molecule has 0 radical (unpaired) electrons. The molecule has 0 bridgehead atoms. The molecular formula is C11H14ClN3O2. The maximum Gasteiger partial charge on any atom is 0.293 e. The second kappa shape index (κ2) is 4.50. The van der Waals surface area contributed by atoms with E-state index in [1.54, 1.807) is 0 Å². The summed E-state index contributed by atoms with van der Waals surface area (Å²) < 4.78 is 0. The third-order valence-electron chi connectivity index (χ3n) is 3.20. The monoisotopic (exact) mass is 255 g/mol. The number of nitrogens with zero attached hydrogens (tertiary/aromatic N) is 2. The van der Waals surface area contributed by atoms with Crippen molar-refractivity contribution in [1.29, 1.82) is 0 Å². The van der Waals surface area contributed by atoms with Crippen LogP contribution < -0.4 is 5.73 Å². The minimum atomic E-state index is -0.476. The van der Waals surface area contributed by atoms with Crippen molar-refractivity contribution < 1.29 is 4.92 Å². The van der Waals surface area contributed by atoms with Gasteiger partial charge in [0.25, 0.3) is 5.69 Å². The number of anilines is 1. The Kier molecular flexibility index (Phi) is 3.22. The van der Waals surface area contributed by atoms with Gasteiger partial charge in [-0.2, -0.15) is 0 Å². The van der Waals surface area contributed by atoms with Crippen molar-refractivity contribution in [3.8, 4) is 0 Å². The van der Waals surface area contributed by atoms with E-state index in [4.69, 9.17) is 17.3 Å². The fraction of sp³-hybridized carbons (Fsp3) is 0.455. The number of benzene rings is 1. The van der Waals surface area contributed by atoms with Crippen LogP contribution in [0.25, 0.3) is 0 Å². The van der Waals surface area contributed by atoms with Crippen LogP contribution in [0.4, 0.5) is 11.4 Å². The summed E-state index contributed by atoms with van der Waals surface area (Å²) in [5.41, 5.74) is 7.85. The quantitative estimate of drug-likeness (QED) is 0.472. The normalized spacial score (nSPS) is 16.4. The lowest BCUT2D eigenvalue weighted by molar-refractivity contribution is -0.383. The standard InChI is InChI=1S/C11H14ClN3O2/c1-14-4-2-7-8(3-5-14)11(13)10(15(16)17)6-9(7)12/h6H,2-5,13H2,1H3. The summed E-state index contributed by atoms with van der Waals surface area (Å²) in [6, 6.07) is 1.36. The Balaban J connectivity index is 2.56. The number of likely N-dealkylation sites (N-methyl/N-ethyl adjacent to an activating group) is 1. The molecule has 0 aliphatic carbocycles. The van der Waals surface area contributed by atoms with Crippen LogP contribution in [0.15, 0.2) is 6.07 Å². The molecule has 0 spiro atoms. The van der Waals surface area contributed by atoms with Crippen molar-refractivity contribution in [2.24, 2.45) is 0 Å². The summed E-state index contributed by atoms with van der Waals surface area (Å²) in [7, 11) is 2.02. The van der Waals surface area contributed by atoms with Gasteiger partial charge in [-0.3, -0.25) is 10.1 Å². The third kappa shape index (κ3) is 2.21. The van der Waals surface area contributed by atoms with Crippen LogP contribution in [-0.2, 0) is 12.8 Å². The molecule has 1 heterocycles. The van der Waals surface area contributed by atoms with Crippen LogP contribution in [0.3, 0.4) is 0 Å². The molecule has 0 unspecified atom stereocenters. The average Bonchev–Trinajstić information content (AvgIpc) is 2.46. The van der Waals surface area contributed by atoms with Gasteiger partial charge in [-0.05, 0) is 31.0 Å². The summed E-state index contributed by atoms with van der Waals surface area (Å²) in [4.78, 5) is 12.6. The zero-order valence-corrected chi connectivity index (χ0v) is 10.3. The molecule has 0 amide bonds. The number of nitrogens with two attached hydrogens (primary N) is 1. The lowest BCUT2D eigenvalue weighted by Gasteiger charge is -2.11. The Morgan fingerprint density at radius 1 is 1.41 bits per heavy atom. The highest BCUT2D eigenvalue weighted by Gasteiger charge is 2.23. The number of halogens is 1. The van der Waals surface area contributed by atoms with Crippen LogP contribution in [0.5, 0.6) is 0 Å². The molecule has 17 heavy (non-hydrogen) atoms. The van der Waals surface area contributed by atoms with E-state index in [2.05, 4.69) is 4.90 Å². The maximum atomic E-state index is 10.9. The van der Waals surface area contributed by atoms with Gasteiger partial charge in [0.15, 0.2) is 0 Å². The zero-order chi connectivity index (χ0) is 12.6. The maximum absolute atomic E-state index is 10.9. The molecule has 2 N–H and O–H groups in total. The summed E-state index contributed by atoms with van der Waals surface area (Å²) in [5, 5.41) is 11.3. The lowest BCUT2D eigenvalue weighted by atomic mass is 10.00. The Bertz CT molecular complexity index is 476. The van der Waals surface area contributed by atoms with E-state index in [1.165, 1.54) is 6.07 Å². The van der Waals surface area contributed by atoms with Crippen molar-refractivity contribution >= 4 is 23.0 Å². The molecule has 0 fully saturated rings. The molecule has 0 atom stereocenters. The van der Waals surface area contributed by atoms with Gasteiger partial charge in [0.2, 0.25) is 0 Å². The number of nitrogen functional groups attached to an aromatic ring is 1. The smallest absolute Gasteiger partial charge is 0.293 e. The molecule has 1 aliphatic rings. The molecular weight excluding hydrogens is 242 g/mol. The molecule has 1 aliphatic heterocycles. The number of hydrogen-bond donors (Lipinski definition) is 1. The fourth-order valence-electron chi connectivity index (χ4n) is 2.17. The third-order valence-corrected chi connectivity index (χ3v) is 3.54. The first kappa shape index (κ1) is 12.1. The minimum absolute atomic E-state index is 0.0849. The summed E-state index contributed by atoms with van der Waals surface area (Å²) in [6.07, 6.45) is 1.49. The Hall–Kier alpha value is -1.33. The predicted octanol–water partition coefficient (Wildman–Crippen LogP) is 1.86. The highest BCUT2D eigenvalue weighted by molar-refractivity contribution is 6.32. The number of hydrogen-bond acceptors (Lipinski definition) is 4. The van der Waals surface area contributed by atoms with Crippen molar-refractivity contribution in [3.05, 3.63) is 32.3 Å². The van der Waals surface area contributed by atoms with Crippen molar-refractivity contribution in [3.63, 3.8) is 0 Å². The van der Waals surface area contributed by atoms with Crippen molar-refractivity contribution in [1.82, 2.24) is 4.90 Å². The van der Waals surface area contributed by atoms with Gasteiger partial charge in [-0.25, -0.2) is 0 Å². The van der Waals surface area contributed by atoms with Gasteiger partial charge in [0, 0.05) is 19.2 Å². The molecule has 2 rings (SSSR count). The second-order valence-electron chi connectivity index (χ2n) is 4.31. The zero-order valence-electron chi connectivity index (χ0n) is 9.57. The molecule has 0 saturated heterocycles. The highest BCUT2D eigenvalue weighted by atomic mass is 35.5. The molecule has 0 aromatic heterocycles. The van der Waals surface area contributed by atoms with E-state index < -0.39 is 4.92 Å². The SMILES string of the molecule is CN1CCc2c(Cl)cc([N+](=O)[O-])c(N)c2CC1. The number of fused-ring (bicyclic) bond motifs is 1. The van der Waals surface area contributed by atoms with Crippen LogP contribution in [0.2, 0.25) is 5.02 Å². The average molecular weight is 256 g/mol. The molecule has 0 saturated carbocycles. The lowest BCUT2D eigenvalue weighted by Crippen LogP contribution is -2.20. The van der Waals surface area contributed by atoms with Crippen LogP contribution in [-0.4, -0.2) is 30.0 Å². The van der Waals surface area contributed by atoms with E-state index in [9.17, 15) is 10.1 Å². The molecule has 1 aromatic carbocycles. The van der Waals surface area contributed by atoms with E-state index in [0.29, 0.717) is 11.4 Å². The van der Waals surface area contributed by atoms with Gasteiger partial charge >= 0.3 is 0 Å². The van der Waals surface area contributed by atoms with Gasteiger partial charge < -0.3 is 10.6 Å². The molecule has 1 aromatic rings. The van der Waals surface area contributed by atoms with Gasteiger partial charge in [-0.1, -0.05) is 11.6 Å². The van der Waals surface area contributed by atoms with Crippen molar-refractivity contribution in [2.75, 3.05) is 25.9 Å². The first-order valence-corrected chi connectivity index (χ1v) is 5.81. The Morgan fingerprint density at radius 3 is 2.59 bits per heavy atom. The molecule has 92 valence electrons. The Morgan fingerprint density at radius 2 is 2.00 bits per heavy atom. The van der Waals surface area contributed by atoms with E-state index in [-0.39, 0.29) is 11.4 Å². The first-order valence-electron chi connectivity index (χ1n) is 5.43. The molecule has 6 heteroatoms. The van der Waals surface area contributed by atoms with E-state index >= 15 is 0 Å². The summed E-state index contributed by atoms with van der Waals surface area (Å²) in [6.45, 7) is 1.73. The van der Waals surface area contributed by atoms with E-state index in [1.807, 2.05) is 7.05 Å². The minimum Gasteiger partial charge on any atom is -0.393 e. The fourth-order valence-corrected chi connectivity index (χ4v) is 2.48. The van der Waals surface area contributed by atoms with Gasteiger partial charge in [-0.15, -0.1) is 0 Å². The van der Waals surface area contributed by atoms with Crippen LogP contribution in [0.1, 0.15) is 11.1 Å². The van der Waals surface area contributed by atoms with Gasteiger partial charge in [0.1, 0.15) is 5.69 Å². The highest BCUT2D eigenvalue weighted by Crippen LogP contribution is 2.35. The largest absolute Gasteiger partial charge is 0.393 e. The van der Waals surface area contributed by atoms with Gasteiger partial charge in [0.05, 0.1) is 9.95 Å². The topological polar surface area (TPSA) is 72.4 Å². The van der Waals surface area contributed by atoms with Crippen LogP contribution >= 0.6 is 11.6 Å². The second-order valence-corrected chi connectivity index (χ2v) is 4.72. The number of rotatable bonds is 1. The predicted molar refractivity (Wildman–Crippen MR) is 67.4 cm³/mol. The van der Waals surface area contributed by atoms with Crippen molar-refractivity contribution in [2.45, 2.75) is 12.8 Å². The molecule has 5 nitrogen and oxygen atoms in total.